The zero-order valence-electron chi connectivity index (χ0n) is 6.06. The summed E-state index contributed by atoms with van der Waals surface area (Å²) >= 11 is 0. The molecule has 1 rings (SSSR count). The fraction of sp³-hybridized carbons (Fsp3) is 0. The molecule has 0 atom stereocenters. The van der Waals surface area contributed by atoms with E-state index in [9.17, 15) is 4.57 Å². The van der Waals surface area contributed by atoms with Crippen molar-refractivity contribution >= 4 is 12.9 Å². The lowest BCUT2D eigenvalue weighted by molar-refractivity contribution is 0.387. The summed E-state index contributed by atoms with van der Waals surface area (Å²) in [6.07, 6.45) is 6.73. The third-order valence-electron chi connectivity index (χ3n) is 1.35. The molecule has 1 aromatic rings. The van der Waals surface area contributed by atoms with Gasteiger partial charge in [-0.1, -0.05) is 5.92 Å². The molecule has 0 aromatic heterocycles. The van der Waals surface area contributed by atoms with Crippen LogP contribution in [0.2, 0.25) is 0 Å². The van der Waals surface area contributed by atoms with Crippen molar-refractivity contribution < 1.29 is 14.4 Å². The molecular formula is C8H6O3P. The highest BCUT2D eigenvalue weighted by atomic mass is 31.2. The zero-order chi connectivity index (χ0) is 9.19. The van der Waals surface area contributed by atoms with Crippen LogP contribution in [0.4, 0.5) is 0 Å². The van der Waals surface area contributed by atoms with Gasteiger partial charge in [0.25, 0.3) is 0 Å². The Morgan fingerprint density at radius 3 is 2.08 bits per heavy atom. The number of hydrogen-bond donors (Lipinski definition) is 2. The summed E-state index contributed by atoms with van der Waals surface area (Å²) in [7, 11) is -4.14. The molecule has 2 N–H and O–H groups in total. The van der Waals surface area contributed by atoms with E-state index >= 15 is 0 Å². The second kappa shape index (κ2) is 3.12. The van der Waals surface area contributed by atoms with E-state index in [-0.39, 0.29) is 5.30 Å². The summed E-state index contributed by atoms with van der Waals surface area (Å²) in [6, 6.07) is 5.44. The molecule has 0 spiro atoms. The number of rotatable bonds is 1. The number of benzene rings is 1. The van der Waals surface area contributed by atoms with Gasteiger partial charge in [-0.05, 0) is 30.7 Å². The van der Waals surface area contributed by atoms with Gasteiger partial charge in [0.05, 0.1) is 5.30 Å². The lowest BCUT2D eigenvalue weighted by Crippen LogP contribution is -2.02. The van der Waals surface area contributed by atoms with Crippen molar-refractivity contribution in [2.45, 2.75) is 0 Å². The Bertz CT molecular complexity index is 355. The Balaban J connectivity index is 3.11. The molecule has 1 aromatic carbocycles. The fourth-order valence-electron chi connectivity index (χ4n) is 0.739. The first-order chi connectivity index (χ1) is 5.54. The van der Waals surface area contributed by atoms with Gasteiger partial charge in [-0.25, -0.2) is 0 Å². The van der Waals surface area contributed by atoms with Crippen LogP contribution in [0.15, 0.2) is 24.3 Å². The molecule has 0 aliphatic rings. The van der Waals surface area contributed by atoms with Crippen molar-refractivity contribution in [3.63, 3.8) is 0 Å². The maximum atomic E-state index is 10.7. The van der Waals surface area contributed by atoms with E-state index in [1.165, 1.54) is 24.3 Å². The van der Waals surface area contributed by atoms with Crippen LogP contribution in [-0.2, 0) is 4.57 Å². The van der Waals surface area contributed by atoms with Crippen LogP contribution in [0.3, 0.4) is 0 Å². The minimum absolute atomic E-state index is 0.0403. The van der Waals surface area contributed by atoms with Gasteiger partial charge in [0, 0.05) is 5.56 Å². The summed E-state index contributed by atoms with van der Waals surface area (Å²) in [6.45, 7) is 0. The lowest BCUT2D eigenvalue weighted by Gasteiger charge is -2.02. The third kappa shape index (κ3) is 1.96. The van der Waals surface area contributed by atoms with Gasteiger partial charge in [0.2, 0.25) is 0 Å². The monoisotopic (exact) mass is 181 g/mol. The zero-order valence-corrected chi connectivity index (χ0v) is 6.95. The molecule has 1 radical (unpaired) electrons. The van der Waals surface area contributed by atoms with Crippen molar-refractivity contribution in [1.82, 2.24) is 0 Å². The van der Waals surface area contributed by atoms with E-state index < -0.39 is 7.60 Å². The van der Waals surface area contributed by atoms with E-state index in [2.05, 4.69) is 5.92 Å². The fourth-order valence-corrected chi connectivity index (χ4v) is 1.28. The molecule has 0 fully saturated rings. The average molecular weight is 181 g/mol. The third-order valence-corrected chi connectivity index (χ3v) is 2.32. The quantitative estimate of drug-likeness (QED) is 0.487. The molecule has 0 unspecified atom stereocenters. The van der Waals surface area contributed by atoms with Crippen molar-refractivity contribution in [3.05, 3.63) is 36.3 Å². The van der Waals surface area contributed by atoms with Gasteiger partial charge in [-0.2, -0.15) is 0 Å². The largest absolute Gasteiger partial charge is 0.356 e. The minimum atomic E-state index is -4.14. The van der Waals surface area contributed by atoms with Gasteiger partial charge in [-0.3, -0.25) is 4.57 Å². The number of hydrogen-bond acceptors (Lipinski definition) is 1. The van der Waals surface area contributed by atoms with Gasteiger partial charge in [0.15, 0.2) is 0 Å². The van der Waals surface area contributed by atoms with E-state index in [4.69, 9.17) is 16.2 Å². The molecule has 0 amide bonds. The second-order valence-electron chi connectivity index (χ2n) is 2.22. The van der Waals surface area contributed by atoms with Crippen LogP contribution < -0.4 is 5.30 Å². The van der Waals surface area contributed by atoms with Crippen LogP contribution in [0.25, 0.3) is 0 Å². The summed E-state index contributed by atoms with van der Waals surface area (Å²) in [4.78, 5) is 17.4. The Hall–Kier alpha value is -1.07. The summed E-state index contributed by atoms with van der Waals surface area (Å²) in [5, 5.41) is -0.0403. The van der Waals surface area contributed by atoms with Crippen molar-refractivity contribution in [3.8, 4) is 5.92 Å². The van der Waals surface area contributed by atoms with E-state index in [1.807, 2.05) is 0 Å². The first-order valence-corrected chi connectivity index (χ1v) is 4.74. The van der Waals surface area contributed by atoms with Crippen LogP contribution in [0.5, 0.6) is 0 Å². The predicted octanol–water partition coefficient (Wildman–Crippen LogP) is 0.427. The first kappa shape index (κ1) is 9.02. The molecule has 3 nitrogen and oxygen atoms in total. The topological polar surface area (TPSA) is 57.5 Å². The van der Waals surface area contributed by atoms with Crippen LogP contribution in [0, 0.1) is 12.3 Å². The van der Waals surface area contributed by atoms with Crippen molar-refractivity contribution in [1.29, 1.82) is 0 Å². The highest BCUT2D eigenvalue weighted by molar-refractivity contribution is 7.60. The highest BCUT2D eigenvalue weighted by Crippen LogP contribution is 2.32. The molecule has 0 saturated carbocycles. The van der Waals surface area contributed by atoms with Crippen LogP contribution in [-0.4, -0.2) is 9.79 Å². The molecule has 0 aliphatic carbocycles. The van der Waals surface area contributed by atoms with Gasteiger partial charge in [0.1, 0.15) is 0 Å². The predicted molar refractivity (Wildman–Crippen MR) is 44.4 cm³/mol. The van der Waals surface area contributed by atoms with Crippen LogP contribution >= 0.6 is 7.60 Å². The van der Waals surface area contributed by atoms with Gasteiger partial charge in [-0.15, -0.1) is 0 Å². The molecule has 12 heavy (non-hydrogen) atoms. The molecular weight excluding hydrogens is 175 g/mol. The summed E-state index contributed by atoms with van der Waals surface area (Å²) in [5.41, 5.74) is 0.493. The first-order valence-electron chi connectivity index (χ1n) is 3.13. The maximum absolute atomic E-state index is 10.7. The molecule has 0 saturated heterocycles. The van der Waals surface area contributed by atoms with E-state index in [1.54, 1.807) is 0 Å². The van der Waals surface area contributed by atoms with Gasteiger partial charge >= 0.3 is 7.60 Å². The molecule has 4 heteroatoms. The minimum Gasteiger partial charge on any atom is -0.321 e. The molecule has 0 heterocycles. The smallest absolute Gasteiger partial charge is 0.321 e. The highest BCUT2D eigenvalue weighted by Gasteiger charge is 2.15. The lowest BCUT2D eigenvalue weighted by atomic mass is 10.2. The van der Waals surface area contributed by atoms with Gasteiger partial charge < -0.3 is 9.79 Å². The SMILES string of the molecule is [C]#Cc1ccc(P(=O)(O)O)cc1. The molecule has 61 valence electrons. The van der Waals surface area contributed by atoms with Crippen molar-refractivity contribution in [2.24, 2.45) is 0 Å². The Morgan fingerprint density at radius 2 is 1.75 bits per heavy atom. The van der Waals surface area contributed by atoms with Crippen LogP contribution in [0.1, 0.15) is 5.56 Å². The normalized spacial score (nSPS) is 10.8. The molecule has 0 aliphatic heterocycles. The second-order valence-corrected chi connectivity index (χ2v) is 3.82. The van der Waals surface area contributed by atoms with Crippen molar-refractivity contribution in [2.75, 3.05) is 0 Å². The summed E-state index contributed by atoms with van der Waals surface area (Å²) in [5.74, 6) is 2.10. The maximum Gasteiger partial charge on any atom is 0.356 e. The standard InChI is InChI=1S/C8H6O3P/c1-2-7-3-5-8(6-4-7)12(9,10)11/h3-6H,(H2,9,10,11). The Kier molecular flexibility index (Phi) is 2.35. The molecule has 0 bridgehead atoms. The van der Waals surface area contributed by atoms with E-state index in [0.717, 1.165) is 0 Å². The Morgan fingerprint density at radius 1 is 1.25 bits per heavy atom. The van der Waals surface area contributed by atoms with E-state index in [0.29, 0.717) is 5.56 Å². The average Bonchev–Trinajstić information content (AvgIpc) is 2.03. The summed E-state index contributed by atoms with van der Waals surface area (Å²) < 4.78 is 10.7. The Labute approximate surface area is 70.2 Å².